The van der Waals surface area contributed by atoms with Crippen LogP contribution in [0.2, 0.25) is 5.15 Å². The maximum Gasteiger partial charge on any atom is 0.384 e. The zero-order chi connectivity index (χ0) is 12.6. The van der Waals surface area contributed by atoms with Crippen molar-refractivity contribution in [1.29, 1.82) is 0 Å². The van der Waals surface area contributed by atoms with Crippen LogP contribution in [0.4, 0.5) is 8.78 Å². The molecular weight excluding hydrogens is 252 g/mol. The average molecular weight is 258 g/mol. The maximum atomic E-state index is 13.3. The van der Waals surface area contributed by atoms with E-state index in [1.54, 1.807) is 24.3 Å². The first-order chi connectivity index (χ1) is 7.93. The minimum atomic E-state index is -4.05. The highest BCUT2D eigenvalue weighted by atomic mass is 35.5. The molecule has 1 N–H and O–H groups in total. The van der Waals surface area contributed by atoms with Gasteiger partial charge in [0.2, 0.25) is 0 Å². The number of hydrogen-bond donors (Lipinski definition) is 1. The second-order valence-electron chi connectivity index (χ2n) is 3.40. The Labute approximate surface area is 99.7 Å². The number of alkyl halides is 2. The zero-order valence-electron chi connectivity index (χ0n) is 8.32. The number of carboxylic acid groups (broad SMARTS) is 1. The number of carboxylic acids is 1. The van der Waals surface area contributed by atoms with Crippen LogP contribution in [-0.4, -0.2) is 16.1 Å². The van der Waals surface area contributed by atoms with E-state index in [-0.39, 0.29) is 5.15 Å². The van der Waals surface area contributed by atoms with Gasteiger partial charge < -0.3 is 5.11 Å². The molecule has 88 valence electrons. The van der Waals surface area contributed by atoms with E-state index in [0.29, 0.717) is 10.8 Å². The van der Waals surface area contributed by atoms with Crippen LogP contribution >= 0.6 is 11.6 Å². The van der Waals surface area contributed by atoms with Crippen molar-refractivity contribution in [3.8, 4) is 0 Å². The summed E-state index contributed by atoms with van der Waals surface area (Å²) in [4.78, 5) is 13.9. The van der Waals surface area contributed by atoms with Gasteiger partial charge in [-0.15, -0.1) is 0 Å². The van der Waals surface area contributed by atoms with Crippen molar-refractivity contribution in [2.45, 2.75) is 5.92 Å². The van der Waals surface area contributed by atoms with Gasteiger partial charge in [0, 0.05) is 5.39 Å². The summed E-state index contributed by atoms with van der Waals surface area (Å²) in [5.41, 5.74) is -0.867. The summed E-state index contributed by atoms with van der Waals surface area (Å²) >= 11 is 5.74. The summed E-state index contributed by atoms with van der Waals surface area (Å²) in [6.07, 6.45) is 0. The minimum absolute atomic E-state index is 0.140. The molecule has 0 aliphatic rings. The Morgan fingerprint density at radius 2 is 2.00 bits per heavy atom. The third-order valence-corrected chi connectivity index (χ3v) is 2.57. The molecule has 0 atom stereocenters. The maximum absolute atomic E-state index is 13.3. The molecule has 1 heterocycles. The molecule has 2 aromatic rings. The van der Waals surface area contributed by atoms with E-state index in [9.17, 15) is 13.6 Å². The predicted octanol–water partition coefficient (Wildman–Crippen LogP) is 3.06. The summed E-state index contributed by atoms with van der Waals surface area (Å²) < 4.78 is 26.5. The van der Waals surface area contributed by atoms with Crippen LogP contribution in [0.15, 0.2) is 30.3 Å². The predicted molar refractivity (Wildman–Crippen MR) is 58.3 cm³/mol. The van der Waals surface area contributed by atoms with Gasteiger partial charge in [-0.25, -0.2) is 9.78 Å². The zero-order valence-corrected chi connectivity index (χ0v) is 9.08. The van der Waals surface area contributed by atoms with Gasteiger partial charge in [0.1, 0.15) is 10.8 Å². The number of carbonyl (C=O) groups is 1. The summed E-state index contributed by atoms with van der Waals surface area (Å²) in [5.74, 6) is -6.30. The van der Waals surface area contributed by atoms with Gasteiger partial charge in [-0.3, -0.25) is 0 Å². The Morgan fingerprint density at radius 1 is 1.35 bits per heavy atom. The minimum Gasteiger partial charge on any atom is -0.476 e. The molecule has 0 aliphatic carbocycles. The lowest BCUT2D eigenvalue weighted by Gasteiger charge is -2.11. The van der Waals surface area contributed by atoms with Crippen LogP contribution in [0.3, 0.4) is 0 Å². The van der Waals surface area contributed by atoms with Gasteiger partial charge in [0.05, 0.1) is 0 Å². The van der Waals surface area contributed by atoms with Gasteiger partial charge in [-0.05, 0) is 11.5 Å². The van der Waals surface area contributed by atoms with Crippen molar-refractivity contribution in [3.63, 3.8) is 0 Å². The Bertz CT molecular complexity index is 601. The normalized spacial score (nSPS) is 11.7. The molecule has 0 saturated carbocycles. The number of fused-ring (bicyclic) bond motifs is 1. The second-order valence-corrected chi connectivity index (χ2v) is 3.76. The van der Waals surface area contributed by atoms with Gasteiger partial charge in [-0.1, -0.05) is 35.9 Å². The monoisotopic (exact) mass is 257 g/mol. The SMILES string of the molecule is O=C(O)C(F)(F)c1cc2ccccc2c(Cl)n1. The Hall–Kier alpha value is -1.75. The van der Waals surface area contributed by atoms with Crippen molar-refractivity contribution < 1.29 is 18.7 Å². The summed E-state index contributed by atoms with van der Waals surface area (Å²) in [5, 5.41) is 9.20. The summed E-state index contributed by atoms with van der Waals surface area (Å²) in [6.45, 7) is 0. The molecule has 1 aromatic heterocycles. The Morgan fingerprint density at radius 3 is 2.65 bits per heavy atom. The van der Waals surface area contributed by atoms with E-state index in [1.807, 2.05) is 0 Å². The molecule has 0 saturated heterocycles. The van der Waals surface area contributed by atoms with E-state index in [1.165, 1.54) is 0 Å². The van der Waals surface area contributed by atoms with Crippen LogP contribution in [-0.2, 0) is 10.7 Å². The molecule has 0 radical (unpaired) electrons. The highest BCUT2D eigenvalue weighted by Crippen LogP contribution is 2.31. The van der Waals surface area contributed by atoms with Crippen LogP contribution < -0.4 is 0 Å². The standard InChI is InChI=1S/C11H6ClF2NO2/c12-9-7-4-2-1-3-6(7)5-8(15-9)11(13,14)10(16)17/h1-5H,(H,16,17). The summed E-state index contributed by atoms with van der Waals surface area (Å²) in [7, 11) is 0. The van der Waals surface area contributed by atoms with Crippen LogP contribution in [0.25, 0.3) is 10.8 Å². The number of aromatic nitrogens is 1. The number of nitrogens with zero attached hydrogens (tertiary/aromatic N) is 1. The Balaban J connectivity index is 2.69. The van der Waals surface area contributed by atoms with Crippen molar-refractivity contribution in [2.24, 2.45) is 0 Å². The lowest BCUT2D eigenvalue weighted by atomic mass is 10.1. The third kappa shape index (κ3) is 1.93. The molecule has 0 fully saturated rings. The molecule has 0 amide bonds. The number of rotatable bonds is 2. The lowest BCUT2D eigenvalue weighted by molar-refractivity contribution is -0.166. The molecule has 3 nitrogen and oxygen atoms in total. The first kappa shape index (κ1) is 11.7. The number of halogens is 3. The summed E-state index contributed by atoms with van der Waals surface area (Å²) in [6, 6.07) is 7.53. The van der Waals surface area contributed by atoms with Gasteiger partial charge >= 0.3 is 11.9 Å². The van der Waals surface area contributed by atoms with Crippen molar-refractivity contribution in [1.82, 2.24) is 4.98 Å². The first-order valence-electron chi connectivity index (χ1n) is 4.60. The first-order valence-corrected chi connectivity index (χ1v) is 4.97. The third-order valence-electron chi connectivity index (χ3n) is 2.28. The molecule has 2 rings (SSSR count). The smallest absolute Gasteiger partial charge is 0.384 e. The van der Waals surface area contributed by atoms with Crippen LogP contribution in [0.5, 0.6) is 0 Å². The molecule has 1 aromatic carbocycles. The number of aliphatic carboxylic acids is 1. The number of benzene rings is 1. The molecule has 0 unspecified atom stereocenters. The molecule has 0 spiro atoms. The van der Waals surface area contributed by atoms with Crippen LogP contribution in [0, 0.1) is 0 Å². The van der Waals surface area contributed by atoms with E-state index in [2.05, 4.69) is 4.98 Å². The van der Waals surface area contributed by atoms with Crippen molar-refractivity contribution in [3.05, 3.63) is 41.2 Å². The molecule has 6 heteroatoms. The average Bonchev–Trinajstić information content (AvgIpc) is 2.28. The Kier molecular flexibility index (Phi) is 2.71. The molecule has 0 aliphatic heterocycles. The second kappa shape index (κ2) is 3.92. The lowest BCUT2D eigenvalue weighted by Crippen LogP contribution is -2.26. The number of pyridine rings is 1. The van der Waals surface area contributed by atoms with Gasteiger partial charge in [-0.2, -0.15) is 8.78 Å². The van der Waals surface area contributed by atoms with E-state index >= 15 is 0 Å². The van der Waals surface area contributed by atoms with E-state index in [0.717, 1.165) is 6.07 Å². The van der Waals surface area contributed by atoms with Crippen LogP contribution in [0.1, 0.15) is 5.69 Å². The topological polar surface area (TPSA) is 50.2 Å². The van der Waals surface area contributed by atoms with Crippen molar-refractivity contribution in [2.75, 3.05) is 0 Å². The fourth-order valence-corrected chi connectivity index (χ4v) is 1.69. The molecular formula is C11H6ClF2NO2. The quantitative estimate of drug-likeness (QED) is 0.841. The molecule has 17 heavy (non-hydrogen) atoms. The van der Waals surface area contributed by atoms with Crippen molar-refractivity contribution >= 4 is 28.3 Å². The van der Waals surface area contributed by atoms with Gasteiger partial charge in [0.25, 0.3) is 0 Å². The fraction of sp³-hybridized carbons (Fsp3) is 0.0909. The fourth-order valence-electron chi connectivity index (χ4n) is 1.43. The largest absolute Gasteiger partial charge is 0.476 e. The highest BCUT2D eigenvalue weighted by molar-refractivity contribution is 6.34. The molecule has 0 bridgehead atoms. The van der Waals surface area contributed by atoms with E-state index in [4.69, 9.17) is 16.7 Å². The number of hydrogen-bond acceptors (Lipinski definition) is 2. The van der Waals surface area contributed by atoms with E-state index < -0.39 is 17.6 Å². The highest BCUT2D eigenvalue weighted by Gasteiger charge is 2.43. The van der Waals surface area contributed by atoms with Gasteiger partial charge in [0.15, 0.2) is 0 Å².